The van der Waals surface area contributed by atoms with Crippen LogP contribution >= 0.6 is 0 Å². The number of nitrogens with zero attached hydrogens (tertiary/aromatic N) is 1. The predicted octanol–water partition coefficient (Wildman–Crippen LogP) is 3.28. The Labute approximate surface area is 103 Å². The van der Waals surface area contributed by atoms with Crippen LogP contribution in [-0.4, -0.2) is 37.6 Å². The van der Waals surface area contributed by atoms with Gasteiger partial charge >= 0.3 is 0 Å². The molecule has 0 saturated carbocycles. The van der Waals surface area contributed by atoms with E-state index in [4.69, 9.17) is 0 Å². The fourth-order valence-electron chi connectivity index (χ4n) is 1.96. The van der Waals surface area contributed by atoms with E-state index in [0.717, 1.165) is 6.54 Å². The molecular weight excluding hydrogens is 196 g/mol. The SMILES string of the molecule is CCCCCCCNCCN(CC)CCC. The van der Waals surface area contributed by atoms with Gasteiger partial charge in [0.15, 0.2) is 0 Å². The Hall–Kier alpha value is -0.0800. The zero-order valence-corrected chi connectivity index (χ0v) is 11.7. The molecule has 16 heavy (non-hydrogen) atoms. The van der Waals surface area contributed by atoms with Crippen molar-refractivity contribution in [2.75, 3.05) is 32.7 Å². The van der Waals surface area contributed by atoms with Crippen LogP contribution in [-0.2, 0) is 0 Å². The van der Waals surface area contributed by atoms with Crippen molar-refractivity contribution in [3.63, 3.8) is 0 Å². The lowest BCUT2D eigenvalue weighted by Crippen LogP contribution is -2.32. The molecular formula is C14H32N2. The number of nitrogens with one attached hydrogen (secondary N) is 1. The highest BCUT2D eigenvalue weighted by molar-refractivity contribution is 4.57. The van der Waals surface area contributed by atoms with Crippen LogP contribution in [0, 0.1) is 0 Å². The van der Waals surface area contributed by atoms with Gasteiger partial charge in [0.25, 0.3) is 0 Å². The monoisotopic (exact) mass is 228 g/mol. The average Bonchev–Trinajstić information content (AvgIpc) is 2.31. The third-order valence-corrected chi connectivity index (χ3v) is 3.05. The lowest BCUT2D eigenvalue weighted by molar-refractivity contribution is 0.287. The van der Waals surface area contributed by atoms with Crippen molar-refractivity contribution in [1.29, 1.82) is 0 Å². The summed E-state index contributed by atoms with van der Waals surface area (Å²) >= 11 is 0. The maximum atomic E-state index is 3.54. The number of hydrogen-bond donors (Lipinski definition) is 1. The summed E-state index contributed by atoms with van der Waals surface area (Å²) in [6, 6.07) is 0. The summed E-state index contributed by atoms with van der Waals surface area (Å²) in [6.07, 6.45) is 8.17. The highest BCUT2D eigenvalue weighted by atomic mass is 15.1. The zero-order chi connectivity index (χ0) is 12.1. The minimum Gasteiger partial charge on any atom is -0.315 e. The molecule has 0 fully saturated rings. The lowest BCUT2D eigenvalue weighted by Gasteiger charge is -2.19. The van der Waals surface area contributed by atoms with Crippen molar-refractivity contribution in [1.82, 2.24) is 10.2 Å². The summed E-state index contributed by atoms with van der Waals surface area (Å²) in [5.41, 5.74) is 0. The largest absolute Gasteiger partial charge is 0.315 e. The molecule has 0 rings (SSSR count). The first-order valence-electron chi connectivity index (χ1n) is 7.28. The molecule has 0 saturated heterocycles. The Kier molecular flexibility index (Phi) is 12.9. The molecule has 0 spiro atoms. The van der Waals surface area contributed by atoms with Gasteiger partial charge in [-0.2, -0.15) is 0 Å². The fraction of sp³-hybridized carbons (Fsp3) is 1.00. The smallest absolute Gasteiger partial charge is 0.0107 e. The molecule has 0 bridgehead atoms. The fourth-order valence-corrected chi connectivity index (χ4v) is 1.96. The molecule has 1 N–H and O–H groups in total. The van der Waals surface area contributed by atoms with Crippen LogP contribution in [0.25, 0.3) is 0 Å². The van der Waals surface area contributed by atoms with Crippen molar-refractivity contribution in [3.05, 3.63) is 0 Å². The summed E-state index contributed by atoms with van der Waals surface area (Å²) in [5.74, 6) is 0. The van der Waals surface area contributed by atoms with E-state index in [1.165, 1.54) is 64.7 Å². The van der Waals surface area contributed by atoms with E-state index >= 15 is 0 Å². The van der Waals surface area contributed by atoms with Crippen molar-refractivity contribution >= 4 is 0 Å². The van der Waals surface area contributed by atoms with Crippen molar-refractivity contribution in [2.24, 2.45) is 0 Å². The number of rotatable bonds is 12. The molecule has 0 aliphatic carbocycles. The van der Waals surface area contributed by atoms with Crippen LogP contribution in [0.1, 0.15) is 59.3 Å². The molecule has 2 nitrogen and oxygen atoms in total. The standard InChI is InChI=1S/C14H32N2/c1-4-7-8-9-10-11-15-12-14-16(6-3)13-5-2/h15H,4-14H2,1-3H3. The minimum absolute atomic E-state index is 1.15. The summed E-state index contributed by atoms with van der Waals surface area (Å²) in [4.78, 5) is 2.52. The summed E-state index contributed by atoms with van der Waals surface area (Å²) in [7, 11) is 0. The van der Waals surface area contributed by atoms with Gasteiger partial charge in [0.1, 0.15) is 0 Å². The first-order valence-corrected chi connectivity index (χ1v) is 7.28. The molecule has 0 aromatic heterocycles. The van der Waals surface area contributed by atoms with Crippen molar-refractivity contribution < 1.29 is 0 Å². The van der Waals surface area contributed by atoms with Crippen LogP contribution in [0.5, 0.6) is 0 Å². The highest BCUT2D eigenvalue weighted by Crippen LogP contribution is 2.00. The Morgan fingerprint density at radius 3 is 2.12 bits per heavy atom. The minimum atomic E-state index is 1.15. The highest BCUT2D eigenvalue weighted by Gasteiger charge is 1.98. The average molecular weight is 228 g/mol. The van der Waals surface area contributed by atoms with Gasteiger partial charge in [0, 0.05) is 13.1 Å². The van der Waals surface area contributed by atoms with Gasteiger partial charge in [-0.15, -0.1) is 0 Å². The maximum absolute atomic E-state index is 3.54. The second-order valence-electron chi connectivity index (χ2n) is 4.60. The third-order valence-electron chi connectivity index (χ3n) is 3.05. The number of hydrogen-bond acceptors (Lipinski definition) is 2. The molecule has 0 aliphatic heterocycles. The van der Waals surface area contributed by atoms with E-state index in [1.807, 2.05) is 0 Å². The molecule has 0 unspecified atom stereocenters. The quantitative estimate of drug-likeness (QED) is 0.516. The van der Waals surface area contributed by atoms with Gasteiger partial charge in [-0.05, 0) is 32.5 Å². The number of unbranched alkanes of at least 4 members (excludes halogenated alkanes) is 4. The molecule has 0 atom stereocenters. The van der Waals surface area contributed by atoms with Gasteiger partial charge in [0.2, 0.25) is 0 Å². The normalized spacial score (nSPS) is 11.2. The first kappa shape index (κ1) is 15.9. The molecule has 2 heteroatoms. The van der Waals surface area contributed by atoms with Crippen LogP contribution in [0.15, 0.2) is 0 Å². The number of likely N-dealkylation sites (N-methyl/N-ethyl adjacent to an activating group) is 1. The molecule has 98 valence electrons. The van der Waals surface area contributed by atoms with Gasteiger partial charge in [-0.25, -0.2) is 0 Å². The first-order chi connectivity index (χ1) is 7.85. The predicted molar refractivity (Wildman–Crippen MR) is 74.0 cm³/mol. The van der Waals surface area contributed by atoms with Gasteiger partial charge in [-0.1, -0.05) is 46.5 Å². The zero-order valence-electron chi connectivity index (χ0n) is 11.7. The summed E-state index contributed by atoms with van der Waals surface area (Å²) < 4.78 is 0. The lowest BCUT2D eigenvalue weighted by atomic mass is 10.1. The van der Waals surface area contributed by atoms with E-state index in [0.29, 0.717) is 0 Å². The Morgan fingerprint density at radius 2 is 1.50 bits per heavy atom. The maximum Gasteiger partial charge on any atom is 0.0107 e. The van der Waals surface area contributed by atoms with Crippen LogP contribution in [0.4, 0.5) is 0 Å². The molecule has 0 amide bonds. The van der Waals surface area contributed by atoms with Gasteiger partial charge in [0.05, 0.1) is 0 Å². The van der Waals surface area contributed by atoms with E-state index in [1.54, 1.807) is 0 Å². The second-order valence-corrected chi connectivity index (χ2v) is 4.60. The van der Waals surface area contributed by atoms with E-state index < -0.39 is 0 Å². The molecule has 0 radical (unpaired) electrons. The van der Waals surface area contributed by atoms with Gasteiger partial charge in [-0.3, -0.25) is 0 Å². The third kappa shape index (κ3) is 10.4. The summed E-state index contributed by atoms with van der Waals surface area (Å²) in [5, 5.41) is 3.54. The Balaban J connectivity index is 3.12. The van der Waals surface area contributed by atoms with E-state index in [-0.39, 0.29) is 0 Å². The van der Waals surface area contributed by atoms with E-state index in [2.05, 4.69) is 31.0 Å². The Morgan fingerprint density at radius 1 is 0.750 bits per heavy atom. The molecule has 0 aromatic carbocycles. The second kappa shape index (κ2) is 13.0. The van der Waals surface area contributed by atoms with Crippen molar-refractivity contribution in [2.45, 2.75) is 59.3 Å². The molecule has 0 aromatic rings. The van der Waals surface area contributed by atoms with Gasteiger partial charge < -0.3 is 10.2 Å². The van der Waals surface area contributed by atoms with Crippen LogP contribution < -0.4 is 5.32 Å². The molecule has 0 heterocycles. The van der Waals surface area contributed by atoms with Crippen molar-refractivity contribution in [3.8, 4) is 0 Å². The van der Waals surface area contributed by atoms with Crippen LogP contribution in [0.2, 0.25) is 0 Å². The molecule has 0 aliphatic rings. The topological polar surface area (TPSA) is 15.3 Å². The Bertz CT molecular complexity index is 126. The van der Waals surface area contributed by atoms with E-state index in [9.17, 15) is 0 Å². The summed E-state index contributed by atoms with van der Waals surface area (Å²) in [6.45, 7) is 12.8. The van der Waals surface area contributed by atoms with Crippen LogP contribution in [0.3, 0.4) is 0 Å².